The van der Waals surface area contributed by atoms with Gasteiger partial charge in [0.1, 0.15) is 25.1 Å². The van der Waals surface area contributed by atoms with Crippen LogP contribution in [0.25, 0.3) is 0 Å². The topological polar surface area (TPSA) is 148 Å². The van der Waals surface area contributed by atoms with Gasteiger partial charge in [0.05, 0.1) is 53.4 Å². The molecule has 0 amide bonds. The third kappa shape index (κ3) is 14.3. The molecular formula is C61H92BN3O9. The maximum Gasteiger partial charge on any atom is 0.124 e. The first-order chi connectivity index (χ1) is 35.6. The lowest BCUT2D eigenvalue weighted by molar-refractivity contribution is -0.0192. The summed E-state index contributed by atoms with van der Waals surface area (Å²) in [6, 6.07) is 13.7. The van der Waals surface area contributed by atoms with Gasteiger partial charge >= 0.3 is 0 Å². The second kappa shape index (κ2) is 27.2. The fraction of sp³-hybridized carbons (Fsp3) is 0.672. The summed E-state index contributed by atoms with van der Waals surface area (Å²) >= 11 is 0. The van der Waals surface area contributed by atoms with Gasteiger partial charge in [-0.1, -0.05) is 53.2 Å². The summed E-state index contributed by atoms with van der Waals surface area (Å²) in [7, 11) is 10.3. The average molecular weight is 1020 g/mol. The largest absolute Gasteiger partial charge is 0.496 e. The first-order valence-electron chi connectivity index (χ1n) is 28.1. The predicted octanol–water partition coefficient (Wildman–Crippen LogP) is 8.78. The van der Waals surface area contributed by atoms with E-state index in [0.717, 1.165) is 150 Å². The molecule has 3 aromatic carbocycles. The number of ether oxygens (including phenoxy) is 4. The van der Waals surface area contributed by atoms with Crippen molar-refractivity contribution in [1.29, 1.82) is 0 Å². The Hall–Kier alpha value is -3.50. The number of methoxy groups -OCH3 is 3. The highest BCUT2D eigenvalue weighted by Gasteiger charge is 2.40. The molecule has 0 spiro atoms. The molecule has 3 aromatic rings. The number of aliphatic hydroxyl groups is 5. The van der Waals surface area contributed by atoms with Crippen molar-refractivity contribution in [1.82, 2.24) is 14.7 Å². The van der Waals surface area contributed by atoms with Crippen molar-refractivity contribution in [3.05, 3.63) is 98.1 Å². The molecule has 2 radical (unpaired) electrons. The van der Waals surface area contributed by atoms with Gasteiger partial charge in [0.25, 0.3) is 0 Å². The fourth-order valence-corrected chi connectivity index (χ4v) is 13.1. The summed E-state index contributed by atoms with van der Waals surface area (Å²) in [6.07, 6.45) is 13.3. The van der Waals surface area contributed by atoms with Crippen molar-refractivity contribution in [2.75, 3.05) is 67.2 Å². The maximum atomic E-state index is 10.6. The van der Waals surface area contributed by atoms with E-state index in [4.69, 9.17) is 26.8 Å². The Balaban J connectivity index is 0.000000153. The number of piperidine rings is 2. The first kappa shape index (κ1) is 58.2. The molecule has 0 saturated carbocycles. The van der Waals surface area contributed by atoms with Crippen molar-refractivity contribution in [3.8, 4) is 17.2 Å². The van der Waals surface area contributed by atoms with E-state index in [9.17, 15) is 25.5 Å². The SMILES string of the molecule is COc1cc2c(cc1CO)C1CC=C(CC(C)C)CN1CC2.COc1cc2c(cc1CO)[C@@H]1C[C@@H](O)[C@H](CC(C)C)CN1CC2.COc1cc2c(cc1CO)[C@H]1C[C@H](O)[C@@H](CC(C)C)CN1CC2.[B]C1CCCO1. The van der Waals surface area contributed by atoms with Crippen LogP contribution in [0.3, 0.4) is 0 Å². The molecule has 74 heavy (non-hydrogen) atoms. The number of rotatable bonds is 12. The lowest BCUT2D eigenvalue weighted by Gasteiger charge is -2.46. The van der Waals surface area contributed by atoms with Gasteiger partial charge in [-0.15, -0.1) is 0 Å². The highest BCUT2D eigenvalue weighted by Crippen LogP contribution is 2.44. The van der Waals surface area contributed by atoms with Crippen molar-refractivity contribution < 1.29 is 44.5 Å². The molecule has 0 aromatic heterocycles. The summed E-state index contributed by atoms with van der Waals surface area (Å²) in [5.41, 5.74) is 12.1. The number of fused-ring (bicyclic) bond motifs is 9. The fourth-order valence-electron chi connectivity index (χ4n) is 13.1. The van der Waals surface area contributed by atoms with Crippen LogP contribution < -0.4 is 14.2 Å². The van der Waals surface area contributed by atoms with Crippen LogP contribution in [-0.2, 0) is 43.8 Å². The van der Waals surface area contributed by atoms with Crippen molar-refractivity contribution >= 4 is 7.85 Å². The van der Waals surface area contributed by atoms with E-state index < -0.39 is 0 Å². The van der Waals surface area contributed by atoms with Crippen LogP contribution in [0.5, 0.6) is 17.2 Å². The van der Waals surface area contributed by atoms with Crippen LogP contribution in [-0.4, -0.2) is 133 Å². The number of hydrogen-bond acceptors (Lipinski definition) is 12. The first-order valence-corrected chi connectivity index (χ1v) is 28.1. The van der Waals surface area contributed by atoms with E-state index in [2.05, 4.69) is 98.7 Å². The lowest BCUT2D eigenvalue weighted by atomic mass is 9.79. The van der Waals surface area contributed by atoms with Gasteiger partial charge in [-0.2, -0.15) is 0 Å². The highest BCUT2D eigenvalue weighted by molar-refractivity contribution is 6.11. The number of hydrogen-bond donors (Lipinski definition) is 5. The molecular weight excluding hydrogens is 929 g/mol. The molecule has 7 aliphatic rings. The Morgan fingerprint density at radius 3 is 1.35 bits per heavy atom. The van der Waals surface area contributed by atoms with Crippen molar-refractivity contribution in [2.24, 2.45) is 29.6 Å². The van der Waals surface area contributed by atoms with E-state index in [1.807, 2.05) is 0 Å². The monoisotopic (exact) mass is 1020 g/mol. The minimum Gasteiger partial charge on any atom is -0.496 e. The van der Waals surface area contributed by atoms with Crippen LogP contribution in [0, 0.1) is 29.6 Å². The second-order valence-corrected chi connectivity index (χ2v) is 23.5. The standard InChI is InChI=1S/2C19H29NO3.C19H27NO2.C4H7BO/c2*1-12(2)6-14-10-20-5-4-13-8-19(23-3)15(11-21)7-16(13)17(20)9-18(14)22;1-13(2)8-14-4-5-18-17-9-16(12-21)19(22-3)10-15(17)6-7-20(18)11-14;5-4-2-1-3-6-4/h2*7-8,12,14,17-18,21-22H,4-6,9-11H2,1-3H3;4,9-10,13,18,21H,5-8,11-12H2,1-3H3;4H,1-3H2/t2*14-,17+,18-;;/m10../s1. The van der Waals surface area contributed by atoms with Gasteiger partial charge in [-0.3, -0.25) is 14.7 Å². The maximum absolute atomic E-state index is 10.6. The quantitative estimate of drug-likeness (QED) is 0.0873. The van der Waals surface area contributed by atoms with E-state index in [-0.39, 0.29) is 50.1 Å². The third-order valence-electron chi connectivity index (χ3n) is 16.7. The Bertz CT molecular complexity index is 2200. The van der Waals surface area contributed by atoms with E-state index >= 15 is 0 Å². The van der Waals surface area contributed by atoms with Gasteiger partial charge in [-0.25, -0.2) is 0 Å². The predicted molar refractivity (Wildman–Crippen MR) is 295 cm³/mol. The molecule has 408 valence electrons. The average Bonchev–Trinajstić information content (AvgIpc) is 3.88. The molecule has 3 saturated heterocycles. The van der Waals surface area contributed by atoms with Gasteiger partial charge in [0, 0.05) is 86.7 Å². The molecule has 2 unspecified atom stereocenters. The van der Waals surface area contributed by atoms with E-state index in [1.165, 1.54) is 39.8 Å². The minimum atomic E-state index is -0.232. The third-order valence-corrected chi connectivity index (χ3v) is 16.7. The van der Waals surface area contributed by atoms with E-state index in [0.29, 0.717) is 29.7 Å². The number of aliphatic hydroxyl groups excluding tert-OH is 5. The smallest absolute Gasteiger partial charge is 0.124 e. The van der Waals surface area contributed by atoms with Crippen LogP contribution in [0.2, 0.25) is 0 Å². The molecule has 0 aliphatic carbocycles. The molecule has 10 rings (SSSR count). The van der Waals surface area contributed by atoms with Gasteiger partial charge in [0.2, 0.25) is 0 Å². The Morgan fingerprint density at radius 2 is 1.01 bits per heavy atom. The minimum absolute atomic E-state index is 0.0122. The summed E-state index contributed by atoms with van der Waals surface area (Å²) in [6.45, 7) is 20.6. The summed E-state index contributed by atoms with van der Waals surface area (Å²) < 4.78 is 21.1. The molecule has 7 heterocycles. The number of nitrogens with zero attached hydrogens (tertiary/aromatic N) is 3. The number of benzene rings is 3. The summed E-state index contributed by atoms with van der Waals surface area (Å²) in [5.74, 6) is 5.09. The van der Waals surface area contributed by atoms with Crippen molar-refractivity contribution in [2.45, 2.75) is 168 Å². The molecule has 8 atom stereocenters. The van der Waals surface area contributed by atoms with Gasteiger partial charge in [-0.05, 0) is 170 Å². The lowest BCUT2D eigenvalue weighted by Crippen LogP contribution is -2.48. The Labute approximate surface area is 445 Å². The van der Waals surface area contributed by atoms with Gasteiger partial charge < -0.3 is 44.5 Å². The molecule has 7 aliphatic heterocycles. The van der Waals surface area contributed by atoms with Gasteiger partial charge in [0.15, 0.2) is 0 Å². The molecule has 0 bridgehead atoms. The summed E-state index contributed by atoms with van der Waals surface area (Å²) in [5, 5.41) is 50.0. The normalized spacial score (nSPS) is 26.3. The molecule has 12 nitrogen and oxygen atoms in total. The molecule has 13 heteroatoms. The van der Waals surface area contributed by atoms with Crippen LogP contribution in [0.1, 0.15) is 161 Å². The van der Waals surface area contributed by atoms with Crippen LogP contribution in [0.15, 0.2) is 48.0 Å². The zero-order valence-corrected chi connectivity index (χ0v) is 46.5. The molecule has 3 fully saturated rings. The highest BCUT2D eigenvalue weighted by atomic mass is 16.5. The second-order valence-electron chi connectivity index (χ2n) is 23.5. The van der Waals surface area contributed by atoms with Crippen molar-refractivity contribution in [3.63, 3.8) is 0 Å². The van der Waals surface area contributed by atoms with Crippen LogP contribution >= 0.6 is 0 Å². The molecule has 5 N–H and O–H groups in total. The zero-order chi connectivity index (χ0) is 53.2. The zero-order valence-electron chi connectivity index (χ0n) is 46.5. The van der Waals surface area contributed by atoms with Crippen LogP contribution in [0.4, 0.5) is 0 Å². The van der Waals surface area contributed by atoms with E-state index in [1.54, 1.807) is 26.9 Å². The Morgan fingerprint density at radius 1 is 0.595 bits per heavy atom. The Kier molecular flexibility index (Phi) is 21.4. The summed E-state index contributed by atoms with van der Waals surface area (Å²) in [4.78, 5) is 7.65.